The van der Waals surface area contributed by atoms with Gasteiger partial charge in [0, 0.05) is 40.9 Å². The van der Waals surface area contributed by atoms with Gasteiger partial charge in [0.1, 0.15) is 5.60 Å². The summed E-state index contributed by atoms with van der Waals surface area (Å²) in [7, 11) is 0. The first-order valence-corrected chi connectivity index (χ1v) is 8.99. The second kappa shape index (κ2) is 7.30. The maximum absolute atomic E-state index is 12.0. The van der Waals surface area contributed by atoms with E-state index in [0.29, 0.717) is 6.04 Å². The fraction of sp³-hybridized carbons (Fsp3) is 0.500. The number of amides is 1. The van der Waals surface area contributed by atoms with E-state index in [1.807, 2.05) is 45.3 Å². The summed E-state index contributed by atoms with van der Waals surface area (Å²) >= 11 is 0. The Morgan fingerprint density at radius 1 is 1.20 bits per heavy atom. The number of rotatable bonds is 3. The van der Waals surface area contributed by atoms with Crippen molar-refractivity contribution in [3.63, 3.8) is 0 Å². The quantitative estimate of drug-likeness (QED) is 0.864. The molecule has 2 atom stereocenters. The molecule has 0 radical (unpaired) electrons. The van der Waals surface area contributed by atoms with Crippen molar-refractivity contribution in [3.8, 4) is 0 Å². The van der Waals surface area contributed by atoms with Crippen LogP contribution < -0.4 is 10.6 Å². The number of carbonyl (C=O) groups excluding carboxylic acids is 1. The minimum absolute atomic E-state index is 0.151. The fourth-order valence-corrected chi connectivity index (χ4v) is 3.39. The van der Waals surface area contributed by atoms with Gasteiger partial charge in [0.2, 0.25) is 0 Å². The van der Waals surface area contributed by atoms with Crippen LogP contribution in [0.5, 0.6) is 0 Å². The molecule has 2 unspecified atom stereocenters. The van der Waals surface area contributed by atoms with Crippen LogP contribution in [0.4, 0.5) is 10.5 Å². The highest BCUT2D eigenvalue weighted by molar-refractivity contribution is 5.93. The van der Waals surface area contributed by atoms with Gasteiger partial charge in [-0.05, 0) is 58.6 Å². The van der Waals surface area contributed by atoms with Gasteiger partial charge < -0.3 is 15.4 Å². The molecule has 0 saturated heterocycles. The highest BCUT2D eigenvalue weighted by Gasteiger charge is 2.25. The monoisotopic (exact) mass is 341 g/mol. The number of alkyl carbamates (subject to hydrolysis) is 1. The molecule has 1 fully saturated rings. The average Bonchev–Trinajstić information content (AvgIpc) is 2.54. The van der Waals surface area contributed by atoms with Gasteiger partial charge in [0.05, 0.1) is 0 Å². The lowest BCUT2D eigenvalue weighted by molar-refractivity contribution is 0.0492. The second-order valence-corrected chi connectivity index (χ2v) is 7.75. The Balaban J connectivity index is 1.62. The van der Waals surface area contributed by atoms with Crippen LogP contribution in [0.15, 0.2) is 36.7 Å². The fourth-order valence-electron chi connectivity index (χ4n) is 3.39. The summed E-state index contributed by atoms with van der Waals surface area (Å²) < 4.78 is 5.37. The Hall–Kier alpha value is -2.30. The first kappa shape index (κ1) is 17.5. The Labute approximate surface area is 149 Å². The molecule has 134 valence electrons. The summed E-state index contributed by atoms with van der Waals surface area (Å²) in [4.78, 5) is 16.2. The molecule has 1 aromatic heterocycles. The molecule has 0 bridgehead atoms. The molecule has 2 aromatic rings. The number of carbonyl (C=O) groups is 1. The number of nitrogens with zero attached hydrogens (tertiary/aromatic N) is 1. The predicted octanol–water partition coefficient (Wildman–Crippen LogP) is 4.48. The standard InChI is InChI=1S/C20H27N3O2/c1-20(2,3)25-19(24)23-16-8-5-7-15(12-16)22-18-9-4-6-14-13-21-11-10-17(14)18/h4,6,9-11,13,15-16,22H,5,7-8,12H2,1-3H3,(H,23,24). The van der Waals surface area contributed by atoms with Crippen molar-refractivity contribution in [2.45, 2.75) is 64.1 Å². The molecule has 0 spiro atoms. The van der Waals surface area contributed by atoms with Crippen molar-refractivity contribution in [2.75, 3.05) is 5.32 Å². The van der Waals surface area contributed by atoms with E-state index in [1.165, 1.54) is 5.39 Å². The third kappa shape index (κ3) is 4.84. The molecule has 1 aliphatic carbocycles. The number of pyridine rings is 1. The van der Waals surface area contributed by atoms with Crippen molar-refractivity contribution >= 4 is 22.6 Å². The van der Waals surface area contributed by atoms with Gasteiger partial charge in [-0.2, -0.15) is 0 Å². The van der Waals surface area contributed by atoms with Gasteiger partial charge in [-0.15, -0.1) is 0 Å². The number of aromatic nitrogens is 1. The number of nitrogens with one attached hydrogen (secondary N) is 2. The molecular formula is C20H27N3O2. The third-order valence-corrected chi connectivity index (χ3v) is 4.44. The largest absolute Gasteiger partial charge is 0.444 e. The van der Waals surface area contributed by atoms with Crippen LogP contribution in [-0.4, -0.2) is 28.8 Å². The number of benzene rings is 1. The number of anilines is 1. The summed E-state index contributed by atoms with van der Waals surface area (Å²) in [5.41, 5.74) is 0.663. The van der Waals surface area contributed by atoms with Gasteiger partial charge >= 0.3 is 6.09 Å². The molecule has 0 aliphatic heterocycles. The highest BCUT2D eigenvalue weighted by atomic mass is 16.6. The zero-order valence-electron chi connectivity index (χ0n) is 15.2. The van der Waals surface area contributed by atoms with Crippen molar-refractivity contribution in [3.05, 3.63) is 36.7 Å². The minimum atomic E-state index is -0.465. The van der Waals surface area contributed by atoms with Crippen LogP contribution in [0, 0.1) is 0 Å². The van der Waals surface area contributed by atoms with Crippen LogP contribution >= 0.6 is 0 Å². The van der Waals surface area contributed by atoms with Crippen LogP contribution in [0.2, 0.25) is 0 Å². The summed E-state index contributed by atoms with van der Waals surface area (Å²) in [6.07, 6.45) is 7.47. The molecule has 5 heteroatoms. The zero-order chi connectivity index (χ0) is 17.9. The number of ether oxygens (including phenoxy) is 1. The van der Waals surface area contributed by atoms with Gasteiger partial charge in [-0.25, -0.2) is 4.79 Å². The highest BCUT2D eigenvalue weighted by Crippen LogP contribution is 2.27. The van der Waals surface area contributed by atoms with E-state index >= 15 is 0 Å². The van der Waals surface area contributed by atoms with E-state index in [9.17, 15) is 4.79 Å². The normalized spacial score (nSPS) is 20.9. The Morgan fingerprint density at radius 2 is 2.00 bits per heavy atom. The van der Waals surface area contributed by atoms with Crippen LogP contribution in [0.1, 0.15) is 46.5 Å². The molecule has 25 heavy (non-hydrogen) atoms. The van der Waals surface area contributed by atoms with E-state index < -0.39 is 5.60 Å². The zero-order valence-corrected chi connectivity index (χ0v) is 15.2. The first-order valence-electron chi connectivity index (χ1n) is 8.99. The van der Waals surface area contributed by atoms with Crippen molar-refractivity contribution < 1.29 is 9.53 Å². The molecule has 3 rings (SSSR count). The lowest BCUT2D eigenvalue weighted by Crippen LogP contribution is -2.43. The van der Waals surface area contributed by atoms with Crippen molar-refractivity contribution in [1.29, 1.82) is 0 Å². The van der Waals surface area contributed by atoms with Gasteiger partial charge in [0.25, 0.3) is 0 Å². The SMILES string of the molecule is CC(C)(C)OC(=O)NC1CCCC(Nc2cccc3cnccc23)C1. The van der Waals surface area contributed by atoms with E-state index in [4.69, 9.17) is 4.74 Å². The lowest BCUT2D eigenvalue weighted by Gasteiger charge is -2.32. The molecule has 1 aliphatic rings. The second-order valence-electron chi connectivity index (χ2n) is 7.75. The minimum Gasteiger partial charge on any atom is -0.444 e. The van der Waals surface area contributed by atoms with Crippen LogP contribution in [0.3, 0.4) is 0 Å². The van der Waals surface area contributed by atoms with Gasteiger partial charge in [-0.1, -0.05) is 12.1 Å². The Bertz CT molecular complexity index is 734. The summed E-state index contributed by atoms with van der Waals surface area (Å²) in [6, 6.07) is 8.75. The average molecular weight is 341 g/mol. The maximum Gasteiger partial charge on any atom is 0.407 e. The number of fused-ring (bicyclic) bond motifs is 1. The maximum atomic E-state index is 12.0. The van der Waals surface area contributed by atoms with E-state index in [2.05, 4.69) is 27.8 Å². The van der Waals surface area contributed by atoms with E-state index in [0.717, 1.165) is 36.8 Å². The Kier molecular flexibility index (Phi) is 5.11. The number of hydrogen-bond donors (Lipinski definition) is 2. The molecule has 5 nitrogen and oxygen atoms in total. The summed E-state index contributed by atoms with van der Waals surface area (Å²) in [5.74, 6) is 0. The molecule has 1 aromatic carbocycles. The molecule has 1 heterocycles. The van der Waals surface area contributed by atoms with Crippen LogP contribution in [-0.2, 0) is 4.74 Å². The predicted molar refractivity (Wildman–Crippen MR) is 101 cm³/mol. The smallest absolute Gasteiger partial charge is 0.407 e. The molecule has 1 amide bonds. The van der Waals surface area contributed by atoms with Crippen LogP contribution in [0.25, 0.3) is 10.8 Å². The number of hydrogen-bond acceptors (Lipinski definition) is 4. The van der Waals surface area contributed by atoms with Crippen molar-refractivity contribution in [2.24, 2.45) is 0 Å². The topological polar surface area (TPSA) is 63.2 Å². The first-order chi connectivity index (χ1) is 11.9. The Morgan fingerprint density at radius 3 is 2.80 bits per heavy atom. The molecule has 2 N–H and O–H groups in total. The van der Waals surface area contributed by atoms with E-state index in [-0.39, 0.29) is 12.1 Å². The summed E-state index contributed by atoms with van der Waals surface area (Å²) in [6.45, 7) is 5.65. The summed E-state index contributed by atoms with van der Waals surface area (Å²) in [5, 5.41) is 8.98. The van der Waals surface area contributed by atoms with E-state index in [1.54, 1.807) is 0 Å². The molecule has 1 saturated carbocycles. The lowest BCUT2D eigenvalue weighted by atomic mass is 9.90. The van der Waals surface area contributed by atoms with Gasteiger partial charge in [-0.3, -0.25) is 4.98 Å². The van der Waals surface area contributed by atoms with Crippen molar-refractivity contribution in [1.82, 2.24) is 10.3 Å². The van der Waals surface area contributed by atoms with Gasteiger partial charge in [0.15, 0.2) is 0 Å². The third-order valence-electron chi connectivity index (χ3n) is 4.44. The molecular weight excluding hydrogens is 314 g/mol.